The number of aliphatic imine (C=N–C) groups is 1. The summed E-state index contributed by atoms with van der Waals surface area (Å²) in [4.78, 5) is 25.6. The highest BCUT2D eigenvalue weighted by Gasteiger charge is 2.61. The molecule has 3 unspecified atom stereocenters. The summed E-state index contributed by atoms with van der Waals surface area (Å²) in [6, 6.07) is 7.07. The molecule has 226 valence electrons. The second kappa shape index (κ2) is 12.1. The Morgan fingerprint density at radius 3 is 2.62 bits per heavy atom. The fraction of sp³-hybridized carbons (Fsp3) is 0.448. The van der Waals surface area contributed by atoms with Gasteiger partial charge in [0.25, 0.3) is 5.91 Å². The van der Waals surface area contributed by atoms with E-state index in [1.807, 2.05) is 0 Å². The van der Waals surface area contributed by atoms with Gasteiger partial charge in [-0.25, -0.2) is 32.1 Å². The number of nitrogens with one attached hydrogen (secondary N) is 1. The second-order valence-electron chi connectivity index (χ2n) is 10.9. The number of pyridine rings is 1. The summed E-state index contributed by atoms with van der Waals surface area (Å²) >= 11 is 0. The van der Waals surface area contributed by atoms with Gasteiger partial charge in [0, 0.05) is 24.7 Å². The number of hydrogen-bond acceptors (Lipinski definition) is 9. The minimum atomic E-state index is -4.15. The van der Waals surface area contributed by atoms with Crippen LogP contribution in [-0.2, 0) is 22.0 Å². The van der Waals surface area contributed by atoms with Crippen molar-refractivity contribution in [3.63, 3.8) is 0 Å². The first-order valence-corrected chi connectivity index (χ1v) is 15.1. The van der Waals surface area contributed by atoms with E-state index in [0.717, 1.165) is 23.6 Å². The molecule has 3 heterocycles. The number of hydrogen-bond donors (Lipinski definition) is 2. The number of unbranched alkanes of at least 4 members (excludes halogenated alkanes) is 1. The van der Waals surface area contributed by atoms with Crippen LogP contribution in [0.2, 0.25) is 0 Å². The zero-order valence-corrected chi connectivity index (χ0v) is 25.2. The van der Waals surface area contributed by atoms with E-state index in [4.69, 9.17) is 14.9 Å². The third-order valence-corrected chi connectivity index (χ3v) is 10.8. The van der Waals surface area contributed by atoms with Crippen LogP contribution in [0.25, 0.3) is 0 Å². The third kappa shape index (κ3) is 5.69. The first kappa shape index (κ1) is 30.9. The SMILES string of the molecule is CCCCC(Cc1cnco1)CC1(C)C(C)(c2cc(NC(=O)c3ccc(OC)cn3)ccc2F)N=C(N)N(C)S1(=O)=O. The average molecular weight is 601 g/mol. The molecule has 2 aromatic heterocycles. The number of carbonyl (C=O) groups is 1. The number of anilines is 1. The lowest BCUT2D eigenvalue weighted by atomic mass is 9.73. The van der Waals surface area contributed by atoms with E-state index in [9.17, 15) is 13.2 Å². The normalized spacial score (nSPS) is 22.3. The molecule has 4 rings (SSSR count). The van der Waals surface area contributed by atoms with Gasteiger partial charge in [-0.2, -0.15) is 0 Å². The van der Waals surface area contributed by atoms with Crippen molar-refractivity contribution in [3.8, 4) is 5.75 Å². The number of methoxy groups -OCH3 is 1. The molecule has 1 amide bonds. The maximum Gasteiger partial charge on any atom is 0.274 e. The molecule has 0 aliphatic carbocycles. The molecule has 11 nitrogen and oxygen atoms in total. The third-order valence-electron chi connectivity index (χ3n) is 8.19. The molecule has 3 atom stereocenters. The quantitative estimate of drug-likeness (QED) is 0.327. The maximum absolute atomic E-state index is 15.7. The molecular formula is C29H37FN6O5S. The summed E-state index contributed by atoms with van der Waals surface area (Å²) in [7, 11) is -1.32. The lowest BCUT2D eigenvalue weighted by Gasteiger charge is -2.50. The number of guanidine groups is 1. The number of sulfonamides is 1. The Labute approximate surface area is 245 Å². The van der Waals surface area contributed by atoms with Gasteiger partial charge in [0.2, 0.25) is 16.0 Å². The lowest BCUT2D eigenvalue weighted by Crippen LogP contribution is -2.64. The summed E-state index contributed by atoms with van der Waals surface area (Å²) in [6.07, 6.45) is 7.45. The summed E-state index contributed by atoms with van der Waals surface area (Å²) in [5, 5.41) is 2.72. The van der Waals surface area contributed by atoms with E-state index in [2.05, 4.69) is 27.2 Å². The number of oxazole rings is 1. The number of amides is 1. The van der Waals surface area contributed by atoms with Crippen LogP contribution in [0.4, 0.5) is 10.1 Å². The molecule has 0 bridgehead atoms. The summed E-state index contributed by atoms with van der Waals surface area (Å²) < 4.78 is 54.0. The van der Waals surface area contributed by atoms with Crippen LogP contribution in [0.15, 0.2) is 58.5 Å². The molecule has 13 heteroatoms. The maximum atomic E-state index is 15.7. The van der Waals surface area contributed by atoms with E-state index in [-0.39, 0.29) is 35.2 Å². The number of aromatic nitrogens is 2. The van der Waals surface area contributed by atoms with Crippen LogP contribution in [-0.4, -0.2) is 53.5 Å². The van der Waals surface area contributed by atoms with E-state index >= 15 is 4.39 Å². The fourth-order valence-corrected chi connectivity index (χ4v) is 7.49. The van der Waals surface area contributed by atoms with E-state index in [1.54, 1.807) is 26.1 Å². The van der Waals surface area contributed by atoms with Crippen LogP contribution in [0, 0.1) is 11.7 Å². The lowest BCUT2D eigenvalue weighted by molar-refractivity contribution is 0.102. The van der Waals surface area contributed by atoms with Crippen molar-refractivity contribution >= 4 is 27.6 Å². The van der Waals surface area contributed by atoms with Crippen molar-refractivity contribution < 1.29 is 26.8 Å². The molecule has 0 spiro atoms. The number of ether oxygens (including phenoxy) is 1. The Bertz CT molecular complexity index is 1550. The standard InChI is InChI=1S/C29H37FN6O5S/c1-6-7-8-19(13-22-16-32-18-41-22)15-28(2)29(3,35-27(31)36(4)42(28,38)39)23-14-20(9-11-24(23)30)34-26(37)25-12-10-21(40-5)17-33-25/h9-12,14,16-19H,6-8,13,15H2,1-5H3,(H2,31,35)(H,34,37). The van der Waals surface area contributed by atoms with Crippen molar-refractivity contribution in [1.29, 1.82) is 0 Å². The Kier molecular flexibility index (Phi) is 8.90. The molecule has 1 aromatic carbocycles. The molecular weight excluding hydrogens is 563 g/mol. The Balaban J connectivity index is 1.77. The number of nitrogens with two attached hydrogens (primary N) is 1. The predicted molar refractivity (Wildman–Crippen MR) is 157 cm³/mol. The van der Waals surface area contributed by atoms with Crippen LogP contribution in [0.5, 0.6) is 5.75 Å². The molecule has 3 aromatic rings. The zero-order chi connectivity index (χ0) is 30.7. The largest absolute Gasteiger partial charge is 0.495 e. The van der Waals surface area contributed by atoms with Crippen molar-refractivity contribution in [1.82, 2.24) is 14.3 Å². The van der Waals surface area contributed by atoms with E-state index in [1.165, 1.54) is 51.0 Å². The zero-order valence-electron chi connectivity index (χ0n) is 24.4. The molecule has 1 aliphatic rings. The Hall–Kier alpha value is -4.00. The molecule has 42 heavy (non-hydrogen) atoms. The van der Waals surface area contributed by atoms with Gasteiger partial charge in [-0.05, 0) is 62.9 Å². The number of carbonyl (C=O) groups excluding carboxylic acids is 1. The van der Waals surface area contributed by atoms with Gasteiger partial charge in [-0.3, -0.25) is 4.79 Å². The van der Waals surface area contributed by atoms with Crippen molar-refractivity contribution in [2.45, 2.75) is 63.2 Å². The summed E-state index contributed by atoms with van der Waals surface area (Å²) in [6.45, 7) is 5.22. The van der Waals surface area contributed by atoms with Gasteiger partial charge in [0.15, 0.2) is 6.39 Å². The smallest absolute Gasteiger partial charge is 0.274 e. The Morgan fingerprint density at radius 2 is 2.00 bits per heavy atom. The van der Waals surface area contributed by atoms with Gasteiger partial charge in [0.05, 0.1) is 19.5 Å². The van der Waals surface area contributed by atoms with Crippen LogP contribution in [0.3, 0.4) is 0 Å². The van der Waals surface area contributed by atoms with Crippen molar-refractivity contribution in [2.24, 2.45) is 16.6 Å². The highest BCUT2D eigenvalue weighted by atomic mass is 32.2. The van der Waals surface area contributed by atoms with Gasteiger partial charge >= 0.3 is 0 Å². The number of benzene rings is 1. The topological polar surface area (TPSA) is 153 Å². The first-order chi connectivity index (χ1) is 19.9. The predicted octanol–water partition coefficient (Wildman–Crippen LogP) is 4.47. The molecule has 0 radical (unpaired) electrons. The fourth-order valence-electron chi connectivity index (χ4n) is 5.50. The van der Waals surface area contributed by atoms with Crippen LogP contribution >= 0.6 is 0 Å². The van der Waals surface area contributed by atoms with E-state index < -0.39 is 32.0 Å². The molecule has 1 aliphatic heterocycles. The van der Waals surface area contributed by atoms with Crippen LogP contribution in [0.1, 0.15) is 68.3 Å². The highest BCUT2D eigenvalue weighted by molar-refractivity contribution is 7.91. The summed E-state index contributed by atoms with van der Waals surface area (Å²) in [5.74, 6) is -0.496. The molecule has 0 saturated heterocycles. The second-order valence-corrected chi connectivity index (χ2v) is 13.3. The number of nitrogens with zero attached hydrogens (tertiary/aromatic N) is 4. The summed E-state index contributed by atoms with van der Waals surface area (Å²) in [5.41, 5.74) is 4.83. The highest BCUT2D eigenvalue weighted by Crippen LogP contribution is 2.51. The van der Waals surface area contributed by atoms with Gasteiger partial charge < -0.3 is 20.2 Å². The van der Waals surface area contributed by atoms with Crippen molar-refractivity contribution in [3.05, 3.63) is 72.0 Å². The average Bonchev–Trinajstić information content (AvgIpc) is 3.48. The number of halogens is 1. The van der Waals surface area contributed by atoms with Gasteiger partial charge in [-0.15, -0.1) is 0 Å². The van der Waals surface area contributed by atoms with Crippen LogP contribution < -0.4 is 15.8 Å². The number of rotatable bonds is 11. The molecule has 3 N–H and O–H groups in total. The monoisotopic (exact) mass is 600 g/mol. The molecule has 0 fully saturated rings. The van der Waals surface area contributed by atoms with Crippen molar-refractivity contribution in [2.75, 3.05) is 19.5 Å². The minimum Gasteiger partial charge on any atom is -0.495 e. The van der Waals surface area contributed by atoms with Gasteiger partial charge in [0.1, 0.15) is 33.3 Å². The Morgan fingerprint density at radius 1 is 1.24 bits per heavy atom. The van der Waals surface area contributed by atoms with Gasteiger partial charge in [-0.1, -0.05) is 19.8 Å². The van der Waals surface area contributed by atoms with E-state index in [0.29, 0.717) is 17.9 Å². The minimum absolute atomic E-state index is 0.0148. The molecule has 0 saturated carbocycles. The first-order valence-electron chi connectivity index (χ1n) is 13.7.